The number of hydrogen-bond acceptors (Lipinski definition) is 5. The first-order chi connectivity index (χ1) is 18.1. The summed E-state index contributed by atoms with van der Waals surface area (Å²) in [7, 11) is -2.35. The molecule has 0 bridgehead atoms. The van der Waals surface area contributed by atoms with E-state index in [1.54, 1.807) is 24.3 Å². The second-order valence-corrected chi connectivity index (χ2v) is 11.3. The van der Waals surface area contributed by atoms with Gasteiger partial charge >= 0.3 is 0 Å². The van der Waals surface area contributed by atoms with Crippen LogP contribution in [0.4, 0.5) is 5.69 Å². The first-order valence-electron chi connectivity index (χ1n) is 12.4. The quantitative estimate of drug-likeness (QED) is 0.381. The van der Waals surface area contributed by atoms with Crippen molar-refractivity contribution in [1.82, 2.24) is 10.2 Å². The molecule has 0 aliphatic rings. The third-order valence-corrected chi connectivity index (χ3v) is 7.06. The first kappa shape index (κ1) is 28.7. The van der Waals surface area contributed by atoms with Gasteiger partial charge in [0.05, 0.1) is 19.1 Å². The van der Waals surface area contributed by atoms with Crippen molar-refractivity contribution in [1.29, 1.82) is 0 Å². The molecule has 0 aliphatic carbocycles. The highest BCUT2D eigenvalue weighted by Gasteiger charge is 2.33. The van der Waals surface area contributed by atoms with Gasteiger partial charge in [0.2, 0.25) is 21.8 Å². The van der Waals surface area contributed by atoms with Gasteiger partial charge in [0, 0.05) is 25.1 Å². The van der Waals surface area contributed by atoms with E-state index in [-0.39, 0.29) is 24.9 Å². The Labute approximate surface area is 225 Å². The van der Waals surface area contributed by atoms with Gasteiger partial charge < -0.3 is 15.0 Å². The lowest BCUT2D eigenvalue weighted by Gasteiger charge is -2.34. The van der Waals surface area contributed by atoms with Crippen molar-refractivity contribution in [3.8, 4) is 5.75 Å². The van der Waals surface area contributed by atoms with Gasteiger partial charge in [0.25, 0.3) is 0 Å². The molecule has 1 N–H and O–H groups in total. The number of amides is 2. The van der Waals surface area contributed by atoms with Gasteiger partial charge in [0.1, 0.15) is 18.3 Å². The van der Waals surface area contributed by atoms with Crippen LogP contribution in [0.25, 0.3) is 0 Å². The predicted octanol–water partition coefficient (Wildman–Crippen LogP) is 3.63. The molecule has 3 aromatic rings. The molecule has 0 aliphatic heterocycles. The molecular weight excluding hydrogens is 502 g/mol. The Bertz CT molecular complexity index is 1310. The molecule has 9 heteroatoms. The Morgan fingerprint density at radius 2 is 1.50 bits per heavy atom. The van der Waals surface area contributed by atoms with Crippen LogP contribution in [0, 0.1) is 0 Å². The normalized spacial score (nSPS) is 12.0. The maximum absolute atomic E-state index is 14.0. The van der Waals surface area contributed by atoms with Crippen molar-refractivity contribution in [2.45, 2.75) is 38.9 Å². The van der Waals surface area contributed by atoms with E-state index < -0.39 is 28.5 Å². The van der Waals surface area contributed by atoms with Gasteiger partial charge in [-0.3, -0.25) is 13.9 Å². The van der Waals surface area contributed by atoms with Crippen molar-refractivity contribution in [3.63, 3.8) is 0 Å². The molecular formula is C29H35N3O5S. The van der Waals surface area contributed by atoms with Gasteiger partial charge in [-0.15, -0.1) is 0 Å². The van der Waals surface area contributed by atoms with Gasteiger partial charge in [-0.25, -0.2) is 8.42 Å². The monoisotopic (exact) mass is 537 g/mol. The van der Waals surface area contributed by atoms with Crippen LogP contribution in [0.3, 0.4) is 0 Å². The van der Waals surface area contributed by atoms with E-state index in [1.165, 1.54) is 12.0 Å². The number of benzene rings is 3. The van der Waals surface area contributed by atoms with E-state index in [1.807, 2.05) is 74.5 Å². The molecule has 3 aromatic carbocycles. The Morgan fingerprint density at radius 1 is 0.895 bits per heavy atom. The molecule has 0 spiro atoms. The van der Waals surface area contributed by atoms with Crippen LogP contribution in [-0.2, 0) is 32.6 Å². The van der Waals surface area contributed by atoms with E-state index in [2.05, 4.69) is 5.32 Å². The predicted molar refractivity (Wildman–Crippen MR) is 149 cm³/mol. The fraction of sp³-hybridized carbons (Fsp3) is 0.310. The van der Waals surface area contributed by atoms with Crippen LogP contribution in [0.15, 0.2) is 84.9 Å². The minimum atomic E-state index is -3.84. The van der Waals surface area contributed by atoms with Crippen LogP contribution in [0.1, 0.15) is 25.0 Å². The summed E-state index contributed by atoms with van der Waals surface area (Å²) in [6.45, 7) is 3.38. The third kappa shape index (κ3) is 8.08. The number of hydrogen-bond donors (Lipinski definition) is 1. The fourth-order valence-electron chi connectivity index (χ4n) is 4.09. The smallest absolute Gasteiger partial charge is 0.244 e. The third-order valence-electron chi connectivity index (χ3n) is 5.92. The van der Waals surface area contributed by atoms with Crippen molar-refractivity contribution < 1.29 is 22.7 Å². The van der Waals surface area contributed by atoms with Crippen LogP contribution in [0.2, 0.25) is 0 Å². The van der Waals surface area contributed by atoms with Gasteiger partial charge in [0.15, 0.2) is 0 Å². The number of nitrogens with zero attached hydrogens (tertiary/aromatic N) is 2. The maximum Gasteiger partial charge on any atom is 0.244 e. The maximum atomic E-state index is 14.0. The summed E-state index contributed by atoms with van der Waals surface area (Å²) in [5.74, 6) is -0.342. The lowest BCUT2D eigenvalue weighted by Crippen LogP contribution is -2.54. The zero-order valence-electron chi connectivity index (χ0n) is 22.2. The molecule has 0 saturated heterocycles. The topological polar surface area (TPSA) is 96.0 Å². The molecule has 0 aromatic heterocycles. The molecule has 1 atom stereocenters. The van der Waals surface area contributed by atoms with Crippen LogP contribution < -0.4 is 14.4 Å². The molecule has 202 valence electrons. The van der Waals surface area contributed by atoms with Crippen molar-refractivity contribution in [3.05, 3.63) is 96.1 Å². The molecule has 3 rings (SSSR count). The molecule has 0 radical (unpaired) electrons. The summed E-state index contributed by atoms with van der Waals surface area (Å²) >= 11 is 0. The Kier molecular flexibility index (Phi) is 9.90. The van der Waals surface area contributed by atoms with E-state index >= 15 is 0 Å². The second kappa shape index (κ2) is 13.1. The number of anilines is 1. The van der Waals surface area contributed by atoms with Gasteiger partial charge in [-0.05, 0) is 37.1 Å². The Hall–Kier alpha value is -3.85. The molecule has 0 fully saturated rings. The van der Waals surface area contributed by atoms with E-state index in [0.717, 1.165) is 21.7 Å². The lowest BCUT2D eigenvalue weighted by atomic mass is 10.0. The summed E-state index contributed by atoms with van der Waals surface area (Å²) in [4.78, 5) is 28.9. The summed E-state index contributed by atoms with van der Waals surface area (Å²) in [5.41, 5.74) is 2.00. The molecule has 8 nitrogen and oxygen atoms in total. The van der Waals surface area contributed by atoms with Crippen LogP contribution in [0.5, 0.6) is 5.75 Å². The lowest BCUT2D eigenvalue weighted by molar-refractivity contribution is -0.140. The standard InChI is InChI=1S/C29H35N3O5S/c1-22(2)30-29(34)27(18-23-12-7-5-8-13-23)31(20-24-14-9-6-10-15-24)28(33)21-32(38(4,35)36)25-16-11-17-26(19-25)37-3/h5-17,19,22,27H,18,20-21H2,1-4H3,(H,30,34). The second-order valence-electron chi connectivity index (χ2n) is 9.35. The summed E-state index contributed by atoms with van der Waals surface area (Å²) in [6, 6.07) is 24.3. The molecule has 0 saturated carbocycles. The molecule has 38 heavy (non-hydrogen) atoms. The molecule has 0 heterocycles. The summed E-state index contributed by atoms with van der Waals surface area (Å²) in [5, 5.41) is 2.93. The van der Waals surface area contributed by atoms with Gasteiger partial charge in [-0.1, -0.05) is 66.7 Å². The number of sulfonamides is 1. The molecule has 1 unspecified atom stereocenters. The van der Waals surface area contributed by atoms with E-state index in [9.17, 15) is 18.0 Å². The summed E-state index contributed by atoms with van der Waals surface area (Å²) in [6.07, 6.45) is 1.32. The first-order valence-corrected chi connectivity index (χ1v) is 14.2. The number of carbonyl (C=O) groups is 2. The average Bonchev–Trinajstić information content (AvgIpc) is 2.89. The van der Waals surface area contributed by atoms with E-state index in [0.29, 0.717) is 11.4 Å². The van der Waals surface area contributed by atoms with Gasteiger partial charge in [-0.2, -0.15) is 0 Å². The highest BCUT2D eigenvalue weighted by molar-refractivity contribution is 7.92. The van der Waals surface area contributed by atoms with Crippen LogP contribution in [-0.4, -0.2) is 57.1 Å². The number of rotatable bonds is 12. The molecule has 2 amide bonds. The zero-order chi connectivity index (χ0) is 27.7. The average molecular weight is 538 g/mol. The number of ether oxygens (including phenoxy) is 1. The Balaban J connectivity index is 2.04. The largest absolute Gasteiger partial charge is 0.497 e. The Morgan fingerprint density at radius 3 is 2.05 bits per heavy atom. The fourth-order valence-corrected chi connectivity index (χ4v) is 4.94. The van der Waals surface area contributed by atoms with Crippen molar-refractivity contribution in [2.24, 2.45) is 0 Å². The van der Waals surface area contributed by atoms with Crippen molar-refractivity contribution in [2.75, 3.05) is 24.2 Å². The zero-order valence-corrected chi connectivity index (χ0v) is 23.0. The SMILES string of the molecule is COc1cccc(N(CC(=O)N(Cc2ccccc2)C(Cc2ccccc2)C(=O)NC(C)C)S(C)(=O)=O)c1. The number of methoxy groups -OCH3 is 1. The highest BCUT2D eigenvalue weighted by Crippen LogP contribution is 2.24. The minimum absolute atomic E-state index is 0.137. The minimum Gasteiger partial charge on any atom is -0.497 e. The van der Waals surface area contributed by atoms with E-state index in [4.69, 9.17) is 4.74 Å². The number of carbonyl (C=O) groups excluding carboxylic acids is 2. The number of nitrogens with one attached hydrogen (secondary N) is 1. The highest BCUT2D eigenvalue weighted by atomic mass is 32.2. The van der Waals surface area contributed by atoms with Crippen molar-refractivity contribution >= 4 is 27.5 Å². The summed E-state index contributed by atoms with van der Waals surface area (Å²) < 4.78 is 31.9. The van der Waals surface area contributed by atoms with Crippen LogP contribution >= 0.6 is 0 Å².